The molecule has 1 amide bonds. The molecule has 5 nitrogen and oxygen atoms in total. The highest BCUT2D eigenvalue weighted by molar-refractivity contribution is 7.81. The number of hydrogen-bond donors (Lipinski definition) is 1. The molecule has 110 valence electrons. The Labute approximate surface area is 123 Å². The quantitative estimate of drug-likeness (QED) is 0.883. The van der Waals surface area contributed by atoms with Crippen molar-refractivity contribution in [2.45, 2.75) is 6.92 Å². The van der Waals surface area contributed by atoms with Crippen molar-refractivity contribution in [2.75, 3.05) is 9.62 Å². The Morgan fingerprint density at radius 1 is 1.10 bits per heavy atom. The fraction of sp³-hybridized carbons (Fsp3) is 0.0714. The molecule has 0 fully saturated rings. The predicted octanol–water partition coefficient (Wildman–Crippen LogP) is 2.72. The lowest BCUT2D eigenvalue weighted by atomic mass is 10.2. The lowest BCUT2D eigenvalue weighted by Gasteiger charge is -2.26. The van der Waals surface area contributed by atoms with Gasteiger partial charge in [-0.2, -0.15) is 0 Å². The highest BCUT2D eigenvalue weighted by Crippen LogP contribution is 2.27. The molecule has 1 unspecified atom stereocenters. The van der Waals surface area contributed by atoms with Crippen LogP contribution in [0.5, 0.6) is 0 Å². The van der Waals surface area contributed by atoms with Crippen LogP contribution in [0.15, 0.2) is 48.5 Å². The zero-order chi connectivity index (χ0) is 15.4. The first-order valence-electron chi connectivity index (χ1n) is 6.00. The van der Waals surface area contributed by atoms with Crippen LogP contribution in [0.2, 0.25) is 0 Å². The van der Waals surface area contributed by atoms with Gasteiger partial charge in [-0.25, -0.2) is 4.39 Å². The standard InChI is InChI=1S/C14H13FN2O3S/c1-10(18)16-12-4-8-14(9-5-12)17(21(19)20)13-6-2-11(15)3-7-13/h2-9H,1H3,(H,16,18)(H,19,20)/p-1. The Morgan fingerprint density at radius 2 is 1.57 bits per heavy atom. The number of nitrogens with zero attached hydrogens (tertiary/aromatic N) is 1. The molecule has 1 N–H and O–H groups in total. The smallest absolute Gasteiger partial charge is 0.221 e. The second kappa shape index (κ2) is 6.47. The molecule has 2 aromatic carbocycles. The molecular weight excluding hydrogens is 295 g/mol. The van der Waals surface area contributed by atoms with Gasteiger partial charge in [0.15, 0.2) is 0 Å². The molecule has 0 heterocycles. The number of carbonyl (C=O) groups is 1. The second-order valence-electron chi connectivity index (χ2n) is 4.22. The molecule has 0 aromatic heterocycles. The van der Waals surface area contributed by atoms with Crippen molar-refractivity contribution in [1.29, 1.82) is 0 Å². The van der Waals surface area contributed by atoms with Crippen molar-refractivity contribution in [3.63, 3.8) is 0 Å². The van der Waals surface area contributed by atoms with Gasteiger partial charge in [0, 0.05) is 12.6 Å². The zero-order valence-electron chi connectivity index (χ0n) is 11.1. The molecule has 2 rings (SSSR count). The van der Waals surface area contributed by atoms with E-state index < -0.39 is 17.1 Å². The predicted molar refractivity (Wildman–Crippen MR) is 78.2 cm³/mol. The van der Waals surface area contributed by atoms with E-state index >= 15 is 0 Å². The molecule has 0 spiro atoms. The first-order chi connectivity index (χ1) is 9.97. The van der Waals surface area contributed by atoms with Gasteiger partial charge in [0.2, 0.25) is 5.91 Å². The number of amides is 1. The lowest BCUT2D eigenvalue weighted by molar-refractivity contribution is -0.114. The van der Waals surface area contributed by atoms with E-state index in [0.29, 0.717) is 17.1 Å². The van der Waals surface area contributed by atoms with Crippen LogP contribution in [-0.2, 0) is 16.1 Å². The maximum Gasteiger partial charge on any atom is 0.221 e. The number of hydrogen-bond acceptors (Lipinski definition) is 3. The second-order valence-corrected chi connectivity index (χ2v) is 5.02. The Hall–Kier alpha value is -2.25. The molecule has 0 bridgehead atoms. The average Bonchev–Trinajstić information content (AvgIpc) is 2.42. The fourth-order valence-corrected chi connectivity index (χ4v) is 2.37. The molecular formula is C14H12FN2O3S-. The number of anilines is 3. The number of nitrogens with one attached hydrogen (secondary N) is 1. The average molecular weight is 307 g/mol. The summed E-state index contributed by atoms with van der Waals surface area (Å²) >= 11 is -2.56. The van der Waals surface area contributed by atoms with E-state index in [1.807, 2.05) is 0 Å². The molecule has 0 aliphatic carbocycles. The van der Waals surface area contributed by atoms with E-state index in [1.54, 1.807) is 24.3 Å². The van der Waals surface area contributed by atoms with Gasteiger partial charge in [-0.1, -0.05) is 0 Å². The third-order valence-corrected chi connectivity index (χ3v) is 3.35. The highest BCUT2D eigenvalue weighted by Gasteiger charge is 2.10. The van der Waals surface area contributed by atoms with Gasteiger partial charge in [0.1, 0.15) is 5.82 Å². The van der Waals surface area contributed by atoms with Gasteiger partial charge < -0.3 is 9.87 Å². The highest BCUT2D eigenvalue weighted by atomic mass is 32.2. The lowest BCUT2D eigenvalue weighted by Crippen LogP contribution is -2.19. The van der Waals surface area contributed by atoms with Crippen molar-refractivity contribution in [1.82, 2.24) is 0 Å². The Balaban J connectivity index is 2.32. The van der Waals surface area contributed by atoms with E-state index in [2.05, 4.69) is 5.32 Å². The summed E-state index contributed by atoms with van der Waals surface area (Å²) in [4.78, 5) is 10.9. The van der Waals surface area contributed by atoms with Crippen LogP contribution in [-0.4, -0.2) is 14.7 Å². The largest absolute Gasteiger partial charge is 0.755 e. The number of rotatable bonds is 4. The van der Waals surface area contributed by atoms with Crippen molar-refractivity contribution in [2.24, 2.45) is 0 Å². The molecule has 7 heteroatoms. The first-order valence-corrected chi connectivity index (χ1v) is 7.03. The monoisotopic (exact) mass is 307 g/mol. The molecule has 21 heavy (non-hydrogen) atoms. The first kappa shape index (κ1) is 15.1. The zero-order valence-corrected chi connectivity index (χ0v) is 11.9. The van der Waals surface area contributed by atoms with Gasteiger partial charge >= 0.3 is 0 Å². The summed E-state index contributed by atoms with van der Waals surface area (Å²) in [5.74, 6) is -0.665. The Morgan fingerprint density at radius 3 is 2.00 bits per heavy atom. The number of halogens is 1. The fourth-order valence-electron chi connectivity index (χ4n) is 1.78. The van der Waals surface area contributed by atoms with Crippen molar-refractivity contribution >= 4 is 34.2 Å². The SMILES string of the molecule is CC(=O)Nc1ccc(N(c2ccc(F)cc2)S(=O)[O-])cc1. The van der Waals surface area contributed by atoms with Gasteiger partial charge in [-0.15, -0.1) is 0 Å². The summed E-state index contributed by atoms with van der Waals surface area (Å²) in [7, 11) is 0. The van der Waals surface area contributed by atoms with Gasteiger partial charge in [-0.05, 0) is 48.5 Å². The summed E-state index contributed by atoms with van der Waals surface area (Å²) in [6, 6.07) is 11.4. The topological polar surface area (TPSA) is 72.5 Å². The van der Waals surface area contributed by atoms with Crippen LogP contribution in [0, 0.1) is 5.82 Å². The minimum absolute atomic E-state index is 0.217. The van der Waals surface area contributed by atoms with Crippen LogP contribution in [0.3, 0.4) is 0 Å². The van der Waals surface area contributed by atoms with E-state index in [9.17, 15) is 17.9 Å². The van der Waals surface area contributed by atoms with Gasteiger partial charge in [-0.3, -0.25) is 13.3 Å². The summed E-state index contributed by atoms with van der Waals surface area (Å²) in [6.07, 6.45) is 0. The van der Waals surface area contributed by atoms with Crippen LogP contribution < -0.4 is 9.62 Å². The molecule has 0 saturated heterocycles. The normalized spacial score (nSPS) is 11.8. The van der Waals surface area contributed by atoms with E-state index in [0.717, 1.165) is 4.31 Å². The van der Waals surface area contributed by atoms with Crippen molar-refractivity contribution in [3.8, 4) is 0 Å². The number of benzene rings is 2. The summed E-state index contributed by atoms with van der Waals surface area (Å²) in [6.45, 7) is 1.38. The van der Waals surface area contributed by atoms with E-state index in [4.69, 9.17) is 0 Å². The molecule has 2 aromatic rings. The number of carbonyl (C=O) groups excluding carboxylic acids is 1. The van der Waals surface area contributed by atoms with Crippen molar-refractivity contribution in [3.05, 3.63) is 54.3 Å². The summed E-state index contributed by atoms with van der Waals surface area (Å²) in [5.41, 5.74) is 1.25. The third-order valence-electron chi connectivity index (χ3n) is 2.63. The van der Waals surface area contributed by atoms with Crippen LogP contribution >= 0.6 is 0 Å². The van der Waals surface area contributed by atoms with E-state index in [1.165, 1.54) is 31.2 Å². The molecule has 0 aliphatic heterocycles. The van der Waals surface area contributed by atoms with Crippen LogP contribution in [0.4, 0.5) is 21.5 Å². The minimum Gasteiger partial charge on any atom is -0.755 e. The van der Waals surface area contributed by atoms with E-state index in [-0.39, 0.29) is 5.91 Å². The minimum atomic E-state index is -2.56. The van der Waals surface area contributed by atoms with Crippen molar-refractivity contribution < 1.29 is 17.9 Å². The van der Waals surface area contributed by atoms with Gasteiger partial charge in [0.05, 0.1) is 22.6 Å². The maximum absolute atomic E-state index is 12.9. The van der Waals surface area contributed by atoms with Gasteiger partial charge in [0.25, 0.3) is 0 Å². The summed E-state index contributed by atoms with van der Waals surface area (Å²) in [5, 5.41) is 2.59. The summed E-state index contributed by atoms with van der Waals surface area (Å²) < 4.78 is 36.8. The molecule has 0 radical (unpaired) electrons. The van der Waals surface area contributed by atoms with Crippen LogP contribution in [0.1, 0.15) is 6.92 Å². The molecule has 1 atom stereocenters. The maximum atomic E-state index is 12.9. The Bertz CT molecular complexity index is 659. The molecule has 0 saturated carbocycles. The molecule has 0 aliphatic rings. The van der Waals surface area contributed by atoms with Crippen LogP contribution in [0.25, 0.3) is 0 Å². The Kier molecular flexibility index (Phi) is 4.66. The third kappa shape index (κ3) is 3.87.